The van der Waals surface area contributed by atoms with E-state index < -0.39 is 0 Å². The largest absolute Gasteiger partial charge is 0.495 e. The molecule has 0 unspecified atom stereocenters. The first kappa shape index (κ1) is 20.7. The van der Waals surface area contributed by atoms with Gasteiger partial charge in [0.05, 0.1) is 23.9 Å². The molecule has 0 fully saturated rings. The molecule has 1 N–H and O–H groups in total. The van der Waals surface area contributed by atoms with Crippen molar-refractivity contribution < 1.29 is 9.53 Å². The van der Waals surface area contributed by atoms with Gasteiger partial charge >= 0.3 is 0 Å². The summed E-state index contributed by atoms with van der Waals surface area (Å²) in [7, 11) is 3.19. The van der Waals surface area contributed by atoms with Crippen LogP contribution in [-0.2, 0) is 11.8 Å². The third-order valence-corrected chi connectivity index (χ3v) is 6.99. The zero-order valence-corrected chi connectivity index (χ0v) is 18.6. The molecule has 0 aliphatic rings. The monoisotopic (exact) mass is 437 g/mol. The van der Waals surface area contributed by atoms with Gasteiger partial charge in [0.15, 0.2) is 5.16 Å². The van der Waals surface area contributed by atoms with Crippen molar-refractivity contribution >= 4 is 56.5 Å². The Bertz CT molecular complexity index is 1140. The first-order valence-corrected chi connectivity index (χ1v) is 10.6. The predicted octanol–water partition coefficient (Wildman–Crippen LogP) is 4.31. The molecule has 6 nitrogen and oxygen atoms in total. The van der Waals surface area contributed by atoms with E-state index in [1.54, 1.807) is 19.2 Å². The van der Waals surface area contributed by atoms with Crippen LogP contribution in [0.1, 0.15) is 16.0 Å². The number of fused-ring (bicyclic) bond motifs is 1. The Morgan fingerprint density at radius 1 is 1.36 bits per heavy atom. The summed E-state index contributed by atoms with van der Waals surface area (Å²) in [5.41, 5.74) is 2.26. The normalized spacial score (nSPS) is 11.1. The second-order valence-corrected chi connectivity index (χ2v) is 8.91. The highest BCUT2D eigenvalue weighted by Gasteiger charge is 2.16. The highest BCUT2D eigenvalue weighted by Crippen LogP contribution is 2.31. The summed E-state index contributed by atoms with van der Waals surface area (Å²) in [5, 5.41) is 4.56. The Kier molecular flexibility index (Phi) is 6.02. The van der Waals surface area contributed by atoms with Crippen LogP contribution in [0.25, 0.3) is 10.2 Å². The van der Waals surface area contributed by atoms with Crippen LogP contribution in [0, 0.1) is 20.8 Å². The maximum atomic E-state index is 12.7. The molecule has 0 radical (unpaired) electrons. The fraction of sp³-hybridized carbons (Fsp3) is 0.316. The van der Waals surface area contributed by atoms with Crippen LogP contribution < -0.4 is 15.6 Å². The molecule has 0 aliphatic carbocycles. The second-order valence-electron chi connectivity index (χ2n) is 6.36. The molecular weight excluding hydrogens is 418 g/mol. The summed E-state index contributed by atoms with van der Waals surface area (Å²) in [5.74, 6) is 0.378. The first-order valence-electron chi connectivity index (χ1n) is 8.46. The quantitative estimate of drug-likeness (QED) is 0.475. The molecule has 148 valence electrons. The Morgan fingerprint density at radius 3 is 2.75 bits per heavy atom. The number of nitrogens with zero attached hydrogens (tertiary/aromatic N) is 2. The average molecular weight is 438 g/mol. The van der Waals surface area contributed by atoms with Gasteiger partial charge in [-0.2, -0.15) is 0 Å². The van der Waals surface area contributed by atoms with E-state index in [0.29, 0.717) is 31.8 Å². The van der Waals surface area contributed by atoms with Gasteiger partial charge in [-0.3, -0.25) is 14.2 Å². The van der Waals surface area contributed by atoms with Crippen LogP contribution >= 0.6 is 34.7 Å². The number of carbonyl (C=O) groups is 1. The number of aromatic nitrogens is 2. The lowest BCUT2D eigenvalue weighted by atomic mass is 10.2. The van der Waals surface area contributed by atoms with Crippen molar-refractivity contribution in [2.24, 2.45) is 7.05 Å². The number of benzene rings is 1. The zero-order valence-electron chi connectivity index (χ0n) is 16.2. The van der Waals surface area contributed by atoms with E-state index >= 15 is 0 Å². The fourth-order valence-electron chi connectivity index (χ4n) is 2.73. The number of hydrogen-bond acceptors (Lipinski definition) is 6. The number of thiophene rings is 1. The van der Waals surface area contributed by atoms with E-state index in [9.17, 15) is 9.59 Å². The molecule has 9 heteroatoms. The van der Waals surface area contributed by atoms with Gasteiger partial charge in [0.1, 0.15) is 10.6 Å². The van der Waals surface area contributed by atoms with Crippen molar-refractivity contribution in [3.8, 4) is 5.75 Å². The smallest absolute Gasteiger partial charge is 0.262 e. The lowest BCUT2D eigenvalue weighted by Crippen LogP contribution is -2.21. The SMILES string of the molecule is COc1cc(Cl)c(C)cc1NC(=O)CSc1nc2sc(C)c(C)c2c(=O)n1C. The Labute approximate surface area is 175 Å². The predicted molar refractivity (Wildman–Crippen MR) is 116 cm³/mol. The van der Waals surface area contributed by atoms with Gasteiger partial charge < -0.3 is 10.1 Å². The number of nitrogens with one attached hydrogen (secondary N) is 1. The number of halogens is 1. The van der Waals surface area contributed by atoms with Gasteiger partial charge in [-0.25, -0.2) is 4.98 Å². The van der Waals surface area contributed by atoms with Crippen molar-refractivity contribution in [3.63, 3.8) is 0 Å². The Balaban J connectivity index is 1.79. The molecule has 1 amide bonds. The third kappa shape index (κ3) is 3.90. The Morgan fingerprint density at radius 2 is 2.07 bits per heavy atom. The molecule has 2 heterocycles. The van der Waals surface area contributed by atoms with Gasteiger partial charge in [0.25, 0.3) is 5.56 Å². The molecule has 2 aromatic heterocycles. The highest BCUT2D eigenvalue weighted by atomic mass is 35.5. The van der Waals surface area contributed by atoms with E-state index in [1.807, 2.05) is 20.8 Å². The number of thioether (sulfide) groups is 1. The number of carbonyl (C=O) groups excluding carboxylic acids is 1. The van der Waals surface area contributed by atoms with Crippen LogP contribution in [0.5, 0.6) is 5.75 Å². The molecule has 3 aromatic rings. The third-order valence-electron chi connectivity index (χ3n) is 4.46. The molecule has 3 rings (SSSR count). The molecule has 0 aliphatic heterocycles. The van der Waals surface area contributed by atoms with E-state index in [4.69, 9.17) is 16.3 Å². The minimum atomic E-state index is -0.224. The molecule has 0 saturated heterocycles. The minimum absolute atomic E-state index is 0.0928. The summed E-state index contributed by atoms with van der Waals surface area (Å²) in [6.07, 6.45) is 0. The van der Waals surface area contributed by atoms with E-state index in [1.165, 1.54) is 34.8 Å². The average Bonchev–Trinajstić information content (AvgIpc) is 2.93. The molecular formula is C19H20ClN3O3S2. The van der Waals surface area contributed by atoms with Gasteiger partial charge in [-0.05, 0) is 38.0 Å². The number of ether oxygens (including phenoxy) is 1. The molecule has 0 spiro atoms. The number of aryl methyl sites for hydroxylation is 3. The van der Waals surface area contributed by atoms with Crippen LogP contribution in [0.4, 0.5) is 5.69 Å². The van der Waals surface area contributed by atoms with Crippen LogP contribution in [-0.4, -0.2) is 28.3 Å². The summed E-state index contributed by atoms with van der Waals surface area (Å²) in [4.78, 5) is 31.5. The first-order chi connectivity index (χ1) is 13.2. The van der Waals surface area contributed by atoms with E-state index in [2.05, 4.69) is 10.3 Å². The lowest BCUT2D eigenvalue weighted by Gasteiger charge is -2.12. The number of hydrogen-bond donors (Lipinski definition) is 1. The van der Waals surface area contributed by atoms with Crippen LogP contribution in [0.2, 0.25) is 5.02 Å². The molecule has 0 atom stereocenters. The van der Waals surface area contributed by atoms with E-state index in [0.717, 1.165) is 16.0 Å². The summed E-state index contributed by atoms with van der Waals surface area (Å²) in [6, 6.07) is 3.43. The van der Waals surface area contributed by atoms with Crippen molar-refractivity contribution in [2.75, 3.05) is 18.2 Å². The van der Waals surface area contributed by atoms with Gasteiger partial charge in [-0.1, -0.05) is 23.4 Å². The van der Waals surface area contributed by atoms with Crippen molar-refractivity contribution in [2.45, 2.75) is 25.9 Å². The topological polar surface area (TPSA) is 73.2 Å². The maximum Gasteiger partial charge on any atom is 0.262 e. The number of rotatable bonds is 5. The summed E-state index contributed by atoms with van der Waals surface area (Å²) in [6.45, 7) is 5.76. The summed E-state index contributed by atoms with van der Waals surface area (Å²) >= 11 is 8.81. The van der Waals surface area contributed by atoms with Gasteiger partial charge in [0.2, 0.25) is 5.91 Å². The van der Waals surface area contributed by atoms with E-state index in [-0.39, 0.29) is 17.2 Å². The lowest BCUT2D eigenvalue weighted by molar-refractivity contribution is -0.113. The molecule has 0 bridgehead atoms. The fourth-order valence-corrected chi connectivity index (χ4v) is 4.73. The second kappa shape index (κ2) is 8.14. The van der Waals surface area contributed by atoms with Crippen molar-refractivity contribution in [1.29, 1.82) is 0 Å². The van der Waals surface area contributed by atoms with Gasteiger partial charge in [0, 0.05) is 23.0 Å². The maximum absolute atomic E-state index is 12.7. The molecule has 28 heavy (non-hydrogen) atoms. The molecule has 1 aromatic carbocycles. The molecule has 0 saturated carbocycles. The number of amides is 1. The van der Waals surface area contributed by atoms with Crippen LogP contribution in [0.15, 0.2) is 22.1 Å². The summed E-state index contributed by atoms with van der Waals surface area (Å²) < 4.78 is 6.77. The standard InChI is InChI=1S/C19H20ClN3O3S2/c1-9-6-13(14(26-5)7-12(9)20)21-15(24)8-27-19-22-17-16(18(25)23(19)4)10(2)11(3)28-17/h6-7H,8H2,1-5H3,(H,21,24). The van der Waals surface area contributed by atoms with Gasteiger partial charge in [-0.15, -0.1) is 11.3 Å². The van der Waals surface area contributed by atoms with Crippen LogP contribution in [0.3, 0.4) is 0 Å². The van der Waals surface area contributed by atoms with Crippen molar-refractivity contribution in [1.82, 2.24) is 9.55 Å². The minimum Gasteiger partial charge on any atom is -0.495 e. The Hall–Kier alpha value is -2.03. The number of methoxy groups -OCH3 is 1. The van der Waals surface area contributed by atoms with Crippen molar-refractivity contribution in [3.05, 3.63) is 43.5 Å². The number of anilines is 1. The zero-order chi connectivity index (χ0) is 20.6. The highest BCUT2D eigenvalue weighted by molar-refractivity contribution is 7.99.